The summed E-state index contributed by atoms with van der Waals surface area (Å²) < 4.78 is 2.45. The largest absolute Gasteiger partial charge is 0.355 e. The zero-order chi connectivity index (χ0) is 32.2. The molecule has 240 valence electrons. The molecule has 0 aromatic carbocycles. The van der Waals surface area contributed by atoms with Gasteiger partial charge in [-0.1, -0.05) is 55.4 Å². The van der Waals surface area contributed by atoms with E-state index in [4.69, 9.17) is 9.97 Å². The number of aromatic amines is 1. The van der Waals surface area contributed by atoms with Crippen molar-refractivity contribution in [2.45, 2.75) is 130 Å². The van der Waals surface area contributed by atoms with E-state index in [9.17, 15) is 0 Å². The van der Waals surface area contributed by atoms with Crippen molar-refractivity contribution in [1.82, 2.24) is 19.5 Å². The highest BCUT2D eigenvalue weighted by Gasteiger charge is 2.24. The number of hydrogen-bond donors (Lipinski definition) is 1. The van der Waals surface area contributed by atoms with Gasteiger partial charge in [-0.15, -0.1) is 0 Å². The molecule has 0 unspecified atom stereocenters. The molecule has 4 nitrogen and oxygen atoms in total. The monoisotopic (exact) mass is 604 g/mol. The third-order valence-electron chi connectivity index (χ3n) is 10.9. The van der Waals surface area contributed by atoms with Gasteiger partial charge in [0.05, 0.1) is 22.8 Å². The molecular formula is C41H56N4. The smallest absolute Gasteiger partial charge is 0.0693 e. The minimum atomic E-state index is 0.425. The van der Waals surface area contributed by atoms with E-state index >= 15 is 0 Å². The van der Waals surface area contributed by atoms with Crippen molar-refractivity contribution in [2.75, 3.05) is 0 Å². The standard InChI is InChI=1S/C41H56N4/c1-10-26(11-2)38-30-18-19-31(42-30)39(27(12-3)13-4)33-21-23-35(44-33)41(29(16-7)17-8)37-25-24-36(45(37)9)40(28(14-5)15-6)34-22-20-32(38)43-34/h18-29,42H,10-17H2,1-9H3. The van der Waals surface area contributed by atoms with E-state index in [0.717, 1.165) is 74.1 Å². The number of nitrogens with one attached hydrogen (secondary N) is 1. The van der Waals surface area contributed by atoms with Crippen LogP contribution < -0.4 is 0 Å². The van der Waals surface area contributed by atoms with Crippen molar-refractivity contribution in [3.8, 4) is 0 Å². The first-order valence-corrected chi connectivity index (χ1v) is 18.0. The Hall–Kier alpha value is -3.40. The Balaban J connectivity index is 2.07. The molecule has 0 radical (unpaired) electrons. The second-order valence-corrected chi connectivity index (χ2v) is 13.1. The first-order valence-electron chi connectivity index (χ1n) is 18.0. The predicted molar refractivity (Wildman–Crippen MR) is 197 cm³/mol. The molecule has 0 spiro atoms. The molecular weight excluding hydrogens is 548 g/mol. The maximum atomic E-state index is 5.50. The van der Waals surface area contributed by atoms with Crippen LogP contribution in [0.15, 0.2) is 24.3 Å². The fourth-order valence-corrected chi connectivity index (χ4v) is 8.11. The van der Waals surface area contributed by atoms with Gasteiger partial charge in [0.15, 0.2) is 0 Å². The van der Waals surface area contributed by atoms with E-state index in [1.54, 1.807) is 0 Å². The van der Waals surface area contributed by atoms with Crippen LogP contribution in [0.3, 0.4) is 0 Å². The summed E-state index contributed by atoms with van der Waals surface area (Å²) in [5, 5.41) is 0. The molecule has 2 aliphatic rings. The Morgan fingerprint density at radius 1 is 0.467 bits per heavy atom. The van der Waals surface area contributed by atoms with Crippen LogP contribution in [0.1, 0.15) is 175 Å². The quantitative estimate of drug-likeness (QED) is 0.154. The zero-order valence-corrected chi connectivity index (χ0v) is 29.4. The van der Waals surface area contributed by atoms with Crippen LogP contribution in [0.5, 0.6) is 0 Å². The lowest BCUT2D eigenvalue weighted by atomic mass is 9.92. The third kappa shape index (κ3) is 5.98. The summed E-state index contributed by atoms with van der Waals surface area (Å²) in [5.41, 5.74) is 14.8. The molecule has 8 bridgehead atoms. The number of hydrogen-bond acceptors (Lipinski definition) is 2. The molecule has 3 aromatic heterocycles. The fraction of sp³-hybridized carbons (Fsp3) is 0.512. The Bertz CT molecular complexity index is 1590. The van der Waals surface area contributed by atoms with Gasteiger partial charge in [-0.3, -0.25) is 0 Å². The highest BCUT2D eigenvalue weighted by atomic mass is 14.9. The Labute approximate surface area is 272 Å². The van der Waals surface area contributed by atoms with E-state index in [1.165, 1.54) is 44.3 Å². The molecule has 0 amide bonds. The van der Waals surface area contributed by atoms with Crippen molar-refractivity contribution in [3.63, 3.8) is 0 Å². The molecule has 0 saturated carbocycles. The first kappa shape index (κ1) is 33.0. The first-order chi connectivity index (χ1) is 21.9. The third-order valence-corrected chi connectivity index (χ3v) is 10.9. The summed E-state index contributed by atoms with van der Waals surface area (Å²) in [5.74, 6) is 1.71. The Morgan fingerprint density at radius 2 is 0.756 bits per heavy atom. The lowest BCUT2D eigenvalue weighted by molar-refractivity contribution is 0.634. The van der Waals surface area contributed by atoms with Gasteiger partial charge in [0.1, 0.15) is 0 Å². The molecule has 0 saturated heterocycles. The maximum Gasteiger partial charge on any atom is 0.0693 e. The van der Waals surface area contributed by atoms with Crippen LogP contribution >= 0.6 is 0 Å². The van der Waals surface area contributed by atoms with Gasteiger partial charge in [-0.2, -0.15) is 0 Å². The van der Waals surface area contributed by atoms with Crippen LogP contribution in [0.25, 0.3) is 46.4 Å². The van der Waals surface area contributed by atoms with Crippen molar-refractivity contribution in [1.29, 1.82) is 0 Å². The second-order valence-electron chi connectivity index (χ2n) is 13.1. The molecule has 5 rings (SSSR count). The molecule has 45 heavy (non-hydrogen) atoms. The summed E-state index contributed by atoms with van der Waals surface area (Å²) >= 11 is 0. The van der Waals surface area contributed by atoms with Crippen molar-refractivity contribution >= 4 is 46.4 Å². The summed E-state index contributed by atoms with van der Waals surface area (Å²) in [6, 6.07) is 9.31. The minimum Gasteiger partial charge on any atom is -0.355 e. The molecule has 0 aliphatic carbocycles. The fourth-order valence-electron chi connectivity index (χ4n) is 8.11. The van der Waals surface area contributed by atoms with Crippen LogP contribution in [-0.4, -0.2) is 19.5 Å². The van der Waals surface area contributed by atoms with Crippen molar-refractivity contribution in [3.05, 3.63) is 69.3 Å². The summed E-state index contributed by atoms with van der Waals surface area (Å²) in [4.78, 5) is 14.9. The maximum absolute atomic E-state index is 5.50. The van der Waals surface area contributed by atoms with Crippen molar-refractivity contribution in [2.24, 2.45) is 7.05 Å². The molecule has 1 N–H and O–H groups in total. The number of H-pyrrole nitrogens is 1. The molecule has 0 atom stereocenters. The van der Waals surface area contributed by atoms with Gasteiger partial charge < -0.3 is 9.55 Å². The molecule has 3 aromatic rings. The predicted octanol–water partition coefficient (Wildman–Crippen LogP) is 12.3. The van der Waals surface area contributed by atoms with Crippen LogP contribution in [-0.2, 0) is 7.05 Å². The van der Waals surface area contributed by atoms with E-state index in [-0.39, 0.29) is 0 Å². The van der Waals surface area contributed by atoms with Crippen LogP contribution in [0.2, 0.25) is 0 Å². The summed E-state index contributed by atoms with van der Waals surface area (Å²) in [6.07, 6.45) is 17.8. The van der Waals surface area contributed by atoms with Gasteiger partial charge in [0, 0.05) is 51.4 Å². The summed E-state index contributed by atoms with van der Waals surface area (Å²) in [7, 11) is 2.26. The Kier molecular flexibility index (Phi) is 10.5. The number of rotatable bonds is 12. The average molecular weight is 605 g/mol. The highest BCUT2D eigenvalue weighted by Crippen LogP contribution is 2.39. The zero-order valence-electron chi connectivity index (χ0n) is 29.4. The summed E-state index contributed by atoms with van der Waals surface area (Å²) in [6.45, 7) is 18.5. The van der Waals surface area contributed by atoms with E-state index in [0.29, 0.717) is 23.7 Å². The lowest BCUT2D eigenvalue weighted by Gasteiger charge is -2.18. The van der Waals surface area contributed by atoms with Gasteiger partial charge in [-0.25, -0.2) is 9.97 Å². The van der Waals surface area contributed by atoms with Gasteiger partial charge in [-0.05, 0) is 124 Å². The average Bonchev–Trinajstić information content (AvgIpc) is 3.88. The number of fused-ring (bicyclic) bond motifs is 8. The number of nitrogens with zero attached hydrogens (tertiary/aromatic N) is 3. The van der Waals surface area contributed by atoms with Crippen LogP contribution in [0.4, 0.5) is 0 Å². The SMILES string of the molecule is CCC(CC)c1c2nc(c(C(CC)CC)c3ccc(c(C(CC)CC)c4nc(c(C(CC)CC)c5ccc1[nH]5)C=C4)n3C)C=C2. The highest BCUT2D eigenvalue weighted by molar-refractivity contribution is 5.84. The van der Waals surface area contributed by atoms with Gasteiger partial charge in [0.25, 0.3) is 0 Å². The number of aryl methyl sites for hydroxylation is 1. The van der Waals surface area contributed by atoms with E-state index in [1.807, 2.05) is 0 Å². The number of aromatic nitrogens is 4. The van der Waals surface area contributed by atoms with Gasteiger partial charge in [0.2, 0.25) is 0 Å². The molecule has 4 heteroatoms. The van der Waals surface area contributed by atoms with Gasteiger partial charge >= 0.3 is 0 Å². The minimum absolute atomic E-state index is 0.425. The van der Waals surface area contributed by atoms with Crippen LogP contribution in [0, 0.1) is 0 Å². The normalized spacial score (nSPS) is 13.0. The van der Waals surface area contributed by atoms with E-state index < -0.39 is 0 Å². The topological polar surface area (TPSA) is 46.5 Å². The molecule has 5 heterocycles. The van der Waals surface area contributed by atoms with E-state index in [2.05, 4.69) is 121 Å². The Morgan fingerprint density at radius 3 is 1.07 bits per heavy atom. The second kappa shape index (κ2) is 14.4. The molecule has 2 aliphatic heterocycles. The van der Waals surface area contributed by atoms with Crippen molar-refractivity contribution < 1.29 is 0 Å². The lowest BCUT2D eigenvalue weighted by Crippen LogP contribution is -2.05. The molecule has 0 fully saturated rings.